The van der Waals surface area contributed by atoms with Gasteiger partial charge in [0.15, 0.2) is 0 Å². The van der Waals surface area contributed by atoms with Crippen molar-refractivity contribution in [3.05, 3.63) is 35.4 Å². The van der Waals surface area contributed by atoms with E-state index in [-0.39, 0.29) is 30.3 Å². The van der Waals surface area contributed by atoms with Crippen molar-refractivity contribution < 1.29 is 4.79 Å². The molecule has 1 aromatic carbocycles. The van der Waals surface area contributed by atoms with Crippen molar-refractivity contribution >= 4 is 18.3 Å². The minimum Gasteiger partial charge on any atom is -0.354 e. The first-order valence-corrected chi connectivity index (χ1v) is 7.62. The fourth-order valence-electron chi connectivity index (χ4n) is 2.43. The quantitative estimate of drug-likeness (QED) is 0.846. The number of carbonyl (C=O) groups is 1. The molecule has 1 aromatic rings. The number of rotatable bonds is 6. The van der Waals surface area contributed by atoms with E-state index in [1.165, 1.54) is 18.4 Å². The van der Waals surface area contributed by atoms with Gasteiger partial charge in [0.05, 0.1) is 0 Å². The standard InChI is InChI=1S/C17H26N2O.ClH/c1-11(2)13-4-8-15(9-5-13)16(18)10-19-17(20)12(3)14-6-7-14;/h4-5,8-9,11-12,14,16H,6-7,10,18H2,1-3H3,(H,19,20);1H. The van der Waals surface area contributed by atoms with Crippen LogP contribution in [-0.2, 0) is 4.79 Å². The minimum absolute atomic E-state index is 0. The van der Waals surface area contributed by atoms with Crippen molar-refractivity contribution in [1.82, 2.24) is 5.32 Å². The Hall–Kier alpha value is -1.06. The third-order valence-corrected chi connectivity index (χ3v) is 4.27. The maximum Gasteiger partial charge on any atom is 0.223 e. The normalized spacial score (nSPS) is 17.0. The van der Waals surface area contributed by atoms with Crippen molar-refractivity contribution in [2.45, 2.75) is 45.6 Å². The molecule has 0 spiro atoms. The Morgan fingerprint density at radius 1 is 1.19 bits per heavy atom. The Kier molecular flexibility index (Phi) is 6.69. The van der Waals surface area contributed by atoms with E-state index in [2.05, 4.69) is 43.4 Å². The van der Waals surface area contributed by atoms with E-state index in [0.29, 0.717) is 18.4 Å². The lowest BCUT2D eigenvalue weighted by Crippen LogP contribution is -2.35. The monoisotopic (exact) mass is 310 g/mol. The molecule has 0 aromatic heterocycles. The molecule has 2 rings (SSSR count). The van der Waals surface area contributed by atoms with Crippen molar-refractivity contribution in [2.75, 3.05) is 6.54 Å². The molecule has 118 valence electrons. The molecule has 1 aliphatic rings. The number of nitrogens with two attached hydrogens (primary N) is 1. The average molecular weight is 311 g/mol. The Labute approximate surface area is 134 Å². The predicted octanol–water partition coefficient (Wildman–Crippen LogP) is 3.39. The molecule has 0 bridgehead atoms. The third-order valence-electron chi connectivity index (χ3n) is 4.27. The van der Waals surface area contributed by atoms with E-state index in [0.717, 1.165) is 5.56 Å². The summed E-state index contributed by atoms with van der Waals surface area (Å²) < 4.78 is 0. The molecule has 4 heteroatoms. The average Bonchev–Trinajstić information content (AvgIpc) is 3.28. The Morgan fingerprint density at radius 2 is 1.71 bits per heavy atom. The van der Waals surface area contributed by atoms with Gasteiger partial charge in [-0.2, -0.15) is 0 Å². The van der Waals surface area contributed by atoms with Gasteiger partial charge in [-0.05, 0) is 35.8 Å². The highest BCUT2D eigenvalue weighted by Crippen LogP contribution is 2.36. The fourth-order valence-corrected chi connectivity index (χ4v) is 2.43. The van der Waals surface area contributed by atoms with Crippen LogP contribution in [0.25, 0.3) is 0 Å². The molecule has 0 radical (unpaired) electrons. The minimum atomic E-state index is -0.133. The molecule has 0 saturated heterocycles. The van der Waals surface area contributed by atoms with Crippen LogP contribution in [0.3, 0.4) is 0 Å². The zero-order valence-corrected chi connectivity index (χ0v) is 14.0. The van der Waals surface area contributed by atoms with E-state index < -0.39 is 0 Å². The number of carbonyl (C=O) groups excluding carboxylic acids is 1. The topological polar surface area (TPSA) is 55.1 Å². The van der Waals surface area contributed by atoms with Crippen LogP contribution in [0.2, 0.25) is 0 Å². The summed E-state index contributed by atoms with van der Waals surface area (Å²) in [6.45, 7) is 6.87. The Balaban J connectivity index is 0.00000220. The summed E-state index contributed by atoms with van der Waals surface area (Å²) in [4.78, 5) is 11.9. The summed E-state index contributed by atoms with van der Waals surface area (Å²) >= 11 is 0. The lowest BCUT2D eigenvalue weighted by Gasteiger charge is -2.16. The van der Waals surface area contributed by atoms with Crippen LogP contribution in [0.5, 0.6) is 0 Å². The maximum atomic E-state index is 11.9. The molecule has 0 heterocycles. The molecule has 1 aliphatic carbocycles. The zero-order chi connectivity index (χ0) is 14.7. The van der Waals surface area contributed by atoms with Crippen molar-refractivity contribution in [3.8, 4) is 0 Å². The number of hydrogen-bond acceptors (Lipinski definition) is 2. The highest BCUT2D eigenvalue weighted by atomic mass is 35.5. The van der Waals surface area contributed by atoms with Crippen LogP contribution in [-0.4, -0.2) is 12.5 Å². The number of benzene rings is 1. The van der Waals surface area contributed by atoms with Gasteiger partial charge >= 0.3 is 0 Å². The van der Waals surface area contributed by atoms with Gasteiger partial charge in [-0.25, -0.2) is 0 Å². The maximum absolute atomic E-state index is 11.9. The van der Waals surface area contributed by atoms with Gasteiger partial charge in [-0.15, -0.1) is 12.4 Å². The highest BCUT2D eigenvalue weighted by Gasteiger charge is 2.32. The summed E-state index contributed by atoms with van der Waals surface area (Å²) in [5.74, 6) is 1.39. The van der Waals surface area contributed by atoms with Crippen molar-refractivity contribution in [1.29, 1.82) is 0 Å². The molecule has 1 fully saturated rings. The first kappa shape index (κ1) is 18.0. The first-order valence-electron chi connectivity index (χ1n) is 7.62. The second kappa shape index (κ2) is 7.81. The Morgan fingerprint density at radius 3 is 2.19 bits per heavy atom. The van der Waals surface area contributed by atoms with E-state index >= 15 is 0 Å². The van der Waals surface area contributed by atoms with Gasteiger partial charge in [0.25, 0.3) is 0 Å². The summed E-state index contributed by atoms with van der Waals surface area (Å²) in [5, 5.41) is 2.98. The second-order valence-electron chi connectivity index (χ2n) is 6.30. The molecule has 1 amide bonds. The van der Waals surface area contributed by atoms with Gasteiger partial charge in [-0.1, -0.05) is 45.0 Å². The number of hydrogen-bond donors (Lipinski definition) is 2. The fraction of sp³-hybridized carbons (Fsp3) is 0.588. The third kappa shape index (κ3) is 5.01. The van der Waals surface area contributed by atoms with Crippen LogP contribution in [0, 0.1) is 11.8 Å². The van der Waals surface area contributed by atoms with Crippen LogP contribution in [0.15, 0.2) is 24.3 Å². The van der Waals surface area contributed by atoms with Crippen LogP contribution in [0.1, 0.15) is 56.7 Å². The predicted molar refractivity (Wildman–Crippen MR) is 89.6 cm³/mol. The van der Waals surface area contributed by atoms with Gasteiger partial charge in [0.2, 0.25) is 5.91 Å². The smallest absolute Gasteiger partial charge is 0.223 e. The van der Waals surface area contributed by atoms with Gasteiger partial charge < -0.3 is 11.1 Å². The van der Waals surface area contributed by atoms with Gasteiger partial charge in [0.1, 0.15) is 0 Å². The largest absolute Gasteiger partial charge is 0.354 e. The van der Waals surface area contributed by atoms with Crippen molar-refractivity contribution in [2.24, 2.45) is 17.6 Å². The molecule has 21 heavy (non-hydrogen) atoms. The molecule has 2 atom stereocenters. The highest BCUT2D eigenvalue weighted by molar-refractivity contribution is 5.85. The summed E-state index contributed by atoms with van der Waals surface area (Å²) in [7, 11) is 0. The number of halogens is 1. The lowest BCUT2D eigenvalue weighted by atomic mass is 9.99. The van der Waals surface area contributed by atoms with Gasteiger partial charge in [-0.3, -0.25) is 4.79 Å². The molecule has 1 saturated carbocycles. The summed E-state index contributed by atoms with van der Waals surface area (Å²) in [6, 6.07) is 8.24. The molecule has 3 nitrogen and oxygen atoms in total. The van der Waals surface area contributed by atoms with E-state index in [4.69, 9.17) is 5.73 Å². The molecule has 3 N–H and O–H groups in total. The molecule has 0 aliphatic heterocycles. The molecular weight excluding hydrogens is 284 g/mol. The Bertz CT molecular complexity index is 454. The van der Waals surface area contributed by atoms with E-state index in [1.54, 1.807) is 0 Å². The number of amides is 1. The van der Waals surface area contributed by atoms with Crippen LogP contribution >= 0.6 is 12.4 Å². The van der Waals surface area contributed by atoms with Gasteiger partial charge in [0, 0.05) is 18.5 Å². The summed E-state index contributed by atoms with van der Waals surface area (Å²) in [6.07, 6.45) is 2.38. The van der Waals surface area contributed by atoms with Crippen LogP contribution in [0.4, 0.5) is 0 Å². The summed E-state index contributed by atoms with van der Waals surface area (Å²) in [5.41, 5.74) is 8.54. The van der Waals surface area contributed by atoms with E-state index in [1.807, 2.05) is 6.92 Å². The first-order chi connectivity index (χ1) is 9.49. The molecular formula is C17H27ClN2O. The number of nitrogens with one attached hydrogen (secondary N) is 1. The zero-order valence-electron chi connectivity index (χ0n) is 13.1. The molecule has 2 unspecified atom stereocenters. The SMILES string of the molecule is CC(C)c1ccc(C(N)CNC(=O)C(C)C2CC2)cc1.Cl. The van der Waals surface area contributed by atoms with Crippen LogP contribution < -0.4 is 11.1 Å². The lowest BCUT2D eigenvalue weighted by molar-refractivity contribution is -0.125. The van der Waals surface area contributed by atoms with E-state index in [9.17, 15) is 4.79 Å². The second-order valence-corrected chi connectivity index (χ2v) is 6.30. The van der Waals surface area contributed by atoms with Crippen molar-refractivity contribution in [3.63, 3.8) is 0 Å².